The molecular formula is C4H7BrO2S. The molecule has 0 aromatic carbocycles. The number of rotatable bonds is 3. The van der Waals surface area contributed by atoms with Crippen molar-refractivity contribution in [3.63, 3.8) is 0 Å². The van der Waals surface area contributed by atoms with Gasteiger partial charge in [0, 0.05) is 18.0 Å². The van der Waals surface area contributed by atoms with Gasteiger partial charge in [0.1, 0.15) is 0 Å². The summed E-state index contributed by atoms with van der Waals surface area (Å²) in [6.07, 6.45) is 0. The van der Waals surface area contributed by atoms with Crippen LogP contribution in [-0.4, -0.2) is 17.1 Å². The molecule has 0 spiro atoms. The fourth-order valence-electron chi connectivity index (χ4n) is 0.156. The Morgan fingerprint density at radius 2 is 2.50 bits per heavy atom. The molecule has 0 aliphatic heterocycles. The Morgan fingerprint density at radius 3 is 2.88 bits per heavy atom. The molecule has 0 aliphatic carbocycles. The smallest absolute Gasteiger partial charge is 0.314 e. The summed E-state index contributed by atoms with van der Waals surface area (Å²) in [7, 11) is 0. The second-order valence-corrected chi connectivity index (χ2v) is 2.69. The summed E-state index contributed by atoms with van der Waals surface area (Å²) >= 11 is 4.35. The summed E-state index contributed by atoms with van der Waals surface area (Å²) < 4.78 is 4.53. The van der Waals surface area contributed by atoms with Gasteiger partial charge in [-0.2, -0.15) is 0 Å². The van der Waals surface area contributed by atoms with Crippen molar-refractivity contribution in [1.29, 1.82) is 0 Å². The van der Waals surface area contributed by atoms with E-state index in [9.17, 15) is 4.79 Å². The number of halogens is 1. The third-order valence-corrected chi connectivity index (χ3v) is 1.98. The van der Waals surface area contributed by atoms with Crippen LogP contribution in [0.25, 0.3) is 0 Å². The van der Waals surface area contributed by atoms with Crippen molar-refractivity contribution in [1.82, 2.24) is 0 Å². The van der Waals surface area contributed by atoms with E-state index in [4.69, 9.17) is 0 Å². The minimum absolute atomic E-state index is 0.240. The van der Waals surface area contributed by atoms with Crippen LogP contribution < -0.4 is 0 Å². The predicted molar refractivity (Wildman–Crippen MR) is 38.0 cm³/mol. The zero-order valence-corrected chi connectivity index (χ0v) is 6.92. The first-order valence-electron chi connectivity index (χ1n) is 2.13. The molecule has 0 amide bonds. The first-order valence-corrected chi connectivity index (χ1v) is 4.16. The first kappa shape index (κ1) is 8.30. The molecule has 48 valence electrons. The average molecular weight is 199 g/mol. The first-order chi connectivity index (χ1) is 3.77. The van der Waals surface area contributed by atoms with Crippen LogP contribution >= 0.6 is 28.0 Å². The molecule has 0 atom stereocenters. The van der Waals surface area contributed by atoms with E-state index in [1.165, 1.54) is 6.92 Å². The molecule has 0 bridgehead atoms. The van der Waals surface area contributed by atoms with Crippen molar-refractivity contribution in [3.8, 4) is 0 Å². The van der Waals surface area contributed by atoms with E-state index in [0.29, 0.717) is 0 Å². The standard InChI is InChI=1S/C4H7BrO2S/c1-4(6)7-8-3-2-5/h2-3H2,1H3. The Hall–Kier alpha value is 0.300. The lowest BCUT2D eigenvalue weighted by molar-refractivity contribution is -0.130. The Kier molecular flexibility index (Phi) is 5.64. The van der Waals surface area contributed by atoms with E-state index in [1.807, 2.05) is 0 Å². The highest BCUT2D eigenvalue weighted by Gasteiger charge is 1.90. The molecule has 0 aliphatic rings. The summed E-state index contributed by atoms with van der Waals surface area (Å²) in [6, 6.07) is 0. The molecule has 0 heterocycles. The minimum Gasteiger partial charge on any atom is -0.392 e. The van der Waals surface area contributed by atoms with Crippen molar-refractivity contribution >= 4 is 33.9 Å². The molecule has 0 saturated heterocycles. The van der Waals surface area contributed by atoms with Gasteiger partial charge in [0.15, 0.2) is 0 Å². The fourth-order valence-corrected chi connectivity index (χ4v) is 0.865. The minimum atomic E-state index is -0.240. The fraction of sp³-hybridized carbons (Fsp3) is 0.750. The Labute approximate surface area is 61.3 Å². The summed E-state index contributed by atoms with van der Waals surface area (Å²) in [6.45, 7) is 1.39. The molecule has 0 N–H and O–H groups in total. The summed E-state index contributed by atoms with van der Waals surface area (Å²) in [5, 5.41) is 0.852. The number of hydrogen-bond donors (Lipinski definition) is 0. The van der Waals surface area contributed by atoms with Crippen LogP contribution in [0.15, 0.2) is 0 Å². The van der Waals surface area contributed by atoms with Gasteiger partial charge in [0.25, 0.3) is 0 Å². The molecule has 0 saturated carbocycles. The van der Waals surface area contributed by atoms with Crippen molar-refractivity contribution in [2.75, 3.05) is 11.1 Å². The third-order valence-electron chi connectivity index (χ3n) is 0.337. The van der Waals surface area contributed by atoms with E-state index in [0.717, 1.165) is 23.1 Å². The van der Waals surface area contributed by atoms with Crippen LogP contribution in [0.5, 0.6) is 0 Å². The van der Waals surface area contributed by atoms with E-state index in [2.05, 4.69) is 20.1 Å². The molecule has 0 fully saturated rings. The van der Waals surface area contributed by atoms with E-state index in [1.54, 1.807) is 0 Å². The lowest BCUT2D eigenvalue weighted by Gasteiger charge is -1.93. The van der Waals surface area contributed by atoms with Crippen LogP contribution in [0.4, 0.5) is 0 Å². The van der Waals surface area contributed by atoms with Gasteiger partial charge in [0.05, 0.1) is 12.0 Å². The van der Waals surface area contributed by atoms with Crippen LogP contribution in [0, 0.1) is 0 Å². The SMILES string of the molecule is CC(=O)OSCCBr. The number of carbonyl (C=O) groups excluding carboxylic acids is 1. The number of carbonyl (C=O) groups is 1. The van der Waals surface area contributed by atoms with Crippen molar-refractivity contribution in [2.24, 2.45) is 0 Å². The largest absolute Gasteiger partial charge is 0.392 e. The molecule has 0 aromatic heterocycles. The van der Waals surface area contributed by atoms with Gasteiger partial charge in [-0.3, -0.25) is 4.79 Å². The zero-order valence-electron chi connectivity index (χ0n) is 4.52. The summed E-state index contributed by atoms with van der Waals surface area (Å²) in [5.41, 5.74) is 0. The van der Waals surface area contributed by atoms with Crippen molar-refractivity contribution in [2.45, 2.75) is 6.92 Å². The quantitative estimate of drug-likeness (QED) is 0.392. The van der Waals surface area contributed by atoms with Crippen LogP contribution in [0.2, 0.25) is 0 Å². The molecular weight excluding hydrogens is 192 g/mol. The second kappa shape index (κ2) is 5.44. The molecule has 0 unspecified atom stereocenters. The third kappa shape index (κ3) is 6.30. The Bertz CT molecular complexity index is 76.4. The molecule has 0 aromatic rings. The highest BCUT2D eigenvalue weighted by molar-refractivity contribution is 9.09. The normalized spacial score (nSPS) is 8.75. The van der Waals surface area contributed by atoms with Crippen LogP contribution in [-0.2, 0) is 8.98 Å². The molecule has 0 radical (unpaired) electrons. The van der Waals surface area contributed by atoms with Crippen molar-refractivity contribution in [3.05, 3.63) is 0 Å². The topological polar surface area (TPSA) is 26.3 Å². The highest BCUT2D eigenvalue weighted by atomic mass is 79.9. The van der Waals surface area contributed by atoms with Gasteiger partial charge in [-0.1, -0.05) is 15.9 Å². The maximum atomic E-state index is 10.1. The van der Waals surface area contributed by atoms with Crippen LogP contribution in [0.1, 0.15) is 6.92 Å². The van der Waals surface area contributed by atoms with Gasteiger partial charge >= 0.3 is 5.97 Å². The Balaban J connectivity index is 2.82. The lowest BCUT2D eigenvalue weighted by atomic mass is 10.9. The highest BCUT2D eigenvalue weighted by Crippen LogP contribution is 2.02. The molecule has 2 nitrogen and oxygen atoms in total. The van der Waals surface area contributed by atoms with Gasteiger partial charge in [-0.15, -0.1) is 0 Å². The zero-order chi connectivity index (χ0) is 6.41. The molecule has 8 heavy (non-hydrogen) atoms. The Morgan fingerprint density at radius 1 is 1.88 bits per heavy atom. The van der Waals surface area contributed by atoms with E-state index < -0.39 is 0 Å². The summed E-state index contributed by atoms with van der Waals surface area (Å²) in [5.74, 6) is 0.565. The molecule has 0 rings (SSSR count). The second-order valence-electron chi connectivity index (χ2n) is 1.09. The van der Waals surface area contributed by atoms with E-state index >= 15 is 0 Å². The van der Waals surface area contributed by atoms with Gasteiger partial charge in [0.2, 0.25) is 0 Å². The van der Waals surface area contributed by atoms with Crippen molar-refractivity contribution < 1.29 is 8.98 Å². The maximum absolute atomic E-state index is 10.1. The van der Waals surface area contributed by atoms with Gasteiger partial charge in [-0.25, -0.2) is 0 Å². The van der Waals surface area contributed by atoms with E-state index in [-0.39, 0.29) is 5.97 Å². The van der Waals surface area contributed by atoms with Gasteiger partial charge < -0.3 is 4.18 Å². The van der Waals surface area contributed by atoms with Gasteiger partial charge in [-0.05, 0) is 0 Å². The summed E-state index contributed by atoms with van der Waals surface area (Å²) in [4.78, 5) is 10.1. The lowest BCUT2D eigenvalue weighted by Crippen LogP contribution is -1.90. The molecule has 4 heteroatoms. The number of hydrogen-bond acceptors (Lipinski definition) is 3. The number of alkyl halides is 1. The monoisotopic (exact) mass is 198 g/mol. The average Bonchev–Trinajstić information content (AvgIpc) is 1.66. The predicted octanol–water partition coefficient (Wildman–Crippen LogP) is 1.59. The van der Waals surface area contributed by atoms with Crippen LogP contribution in [0.3, 0.4) is 0 Å². The maximum Gasteiger partial charge on any atom is 0.314 e.